The Morgan fingerprint density at radius 3 is 2.50 bits per heavy atom. The van der Waals surface area contributed by atoms with Gasteiger partial charge in [-0.1, -0.05) is 19.4 Å². The van der Waals surface area contributed by atoms with Crippen molar-refractivity contribution in [3.63, 3.8) is 0 Å². The van der Waals surface area contributed by atoms with Gasteiger partial charge in [0, 0.05) is 11.8 Å². The van der Waals surface area contributed by atoms with Gasteiger partial charge in [-0.3, -0.25) is 4.79 Å². The van der Waals surface area contributed by atoms with E-state index in [1.807, 2.05) is 13.8 Å². The molecule has 1 heterocycles. The lowest BCUT2D eigenvalue weighted by Crippen LogP contribution is -2.45. The number of amides is 1. The van der Waals surface area contributed by atoms with Gasteiger partial charge in [0.25, 0.3) is 0 Å². The largest absolute Gasteiger partial charge is 0.480 e. The summed E-state index contributed by atoms with van der Waals surface area (Å²) in [4.78, 5) is 24.9. The van der Waals surface area contributed by atoms with E-state index >= 15 is 0 Å². The summed E-state index contributed by atoms with van der Waals surface area (Å²) in [5.74, 6) is -0.172. The van der Waals surface area contributed by atoms with Crippen LogP contribution in [-0.2, 0) is 9.59 Å². The number of thioether (sulfide) groups is 1. The number of aliphatic carboxylic acids is 1. The van der Waals surface area contributed by atoms with Crippen molar-refractivity contribution < 1.29 is 14.7 Å². The van der Waals surface area contributed by atoms with Crippen LogP contribution in [0, 0.1) is 5.92 Å². The van der Waals surface area contributed by atoms with E-state index in [0.29, 0.717) is 11.7 Å². The summed E-state index contributed by atoms with van der Waals surface area (Å²) in [5, 5.41) is 9.17. The monoisotopic (exact) mass is 271 g/mol. The number of carboxylic acid groups (broad SMARTS) is 1. The average molecular weight is 271 g/mol. The topological polar surface area (TPSA) is 57.6 Å². The lowest BCUT2D eigenvalue weighted by atomic mass is 10.1. The van der Waals surface area contributed by atoms with Crippen LogP contribution in [0.15, 0.2) is 11.6 Å². The van der Waals surface area contributed by atoms with Crippen LogP contribution in [0.25, 0.3) is 0 Å². The van der Waals surface area contributed by atoms with Crippen molar-refractivity contribution in [1.29, 1.82) is 0 Å². The summed E-state index contributed by atoms with van der Waals surface area (Å²) in [6.45, 7) is 7.85. The Bertz CT molecular complexity index is 361. The number of rotatable bonds is 4. The van der Waals surface area contributed by atoms with E-state index in [1.54, 1.807) is 11.8 Å². The minimum absolute atomic E-state index is 0.0193. The van der Waals surface area contributed by atoms with E-state index in [0.717, 1.165) is 12.0 Å². The maximum absolute atomic E-state index is 12.1. The molecule has 0 aromatic rings. The minimum atomic E-state index is -0.913. The molecular weight excluding hydrogens is 250 g/mol. The second kappa shape index (κ2) is 6.27. The number of nitrogens with zero attached hydrogens (tertiary/aromatic N) is 1. The molecule has 1 aliphatic heterocycles. The molecule has 18 heavy (non-hydrogen) atoms. The van der Waals surface area contributed by atoms with E-state index in [4.69, 9.17) is 0 Å². The first-order valence-corrected chi connectivity index (χ1v) is 7.19. The summed E-state index contributed by atoms with van der Waals surface area (Å²) in [6, 6.07) is -0.693. The third-order valence-electron chi connectivity index (χ3n) is 2.72. The van der Waals surface area contributed by atoms with Gasteiger partial charge in [0.15, 0.2) is 0 Å². The molecule has 0 aromatic heterocycles. The molecule has 5 heteroatoms. The zero-order valence-corrected chi connectivity index (χ0v) is 12.2. The van der Waals surface area contributed by atoms with Gasteiger partial charge in [-0.15, -0.1) is 11.8 Å². The quantitative estimate of drug-likeness (QED) is 0.797. The maximum Gasteiger partial charge on any atom is 0.327 e. The fourth-order valence-corrected chi connectivity index (χ4v) is 3.60. The van der Waals surface area contributed by atoms with Crippen molar-refractivity contribution >= 4 is 23.6 Å². The molecule has 0 aliphatic carbocycles. The van der Waals surface area contributed by atoms with Gasteiger partial charge in [-0.2, -0.15) is 0 Å². The van der Waals surface area contributed by atoms with E-state index in [-0.39, 0.29) is 11.3 Å². The summed E-state index contributed by atoms with van der Waals surface area (Å²) in [5.41, 5.74) is 0.893. The zero-order valence-electron chi connectivity index (χ0n) is 11.3. The van der Waals surface area contributed by atoms with Gasteiger partial charge in [0.1, 0.15) is 6.04 Å². The number of carbonyl (C=O) groups is 2. The molecule has 1 saturated heterocycles. The van der Waals surface area contributed by atoms with Crippen LogP contribution in [-0.4, -0.2) is 39.1 Å². The highest BCUT2D eigenvalue weighted by molar-refractivity contribution is 8.00. The zero-order chi connectivity index (χ0) is 13.9. The van der Waals surface area contributed by atoms with Crippen molar-refractivity contribution in [2.24, 2.45) is 5.92 Å². The number of hydrogen-bond acceptors (Lipinski definition) is 3. The first kappa shape index (κ1) is 15.1. The molecule has 0 aromatic carbocycles. The van der Waals surface area contributed by atoms with Crippen LogP contribution in [0.4, 0.5) is 0 Å². The van der Waals surface area contributed by atoms with Crippen LogP contribution in [0.5, 0.6) is 0 Å². The molecule has 1 rings (SSSR count). The molecule has 0 saturated carbocycles. The van der Waals surface area contributed by atoms with Gasteiger partial charge in [-0.25, -0.2) is 4.79 Å². The Balaban J connectivity index is 2.91. The minimum Gasteiger partial charge on any atom is -0.480 e. The van der Waals surface area contributed by atoms with Gasteiger partial charge in [0.2, 0.25) is 5.91 Å². The molecular formula is C13H21NO3S. The van der Waals surface area contributed by atoms with Gasteiger partial charge >= 0.3 is 5.97 Å². The molecule has 2 atom stereocenters. The predicted octanol–water partition coefficient (Wildman–Crippen LogP) is 2.35. The van der Waals surface area contributed by atoms with Crippen molar-refractivity contribution in [2.45, 2.75) is 45.5 Å². The second-order valence-electron chi connectivity index (χ2n) is 5.24. The van der Waals surface area contributed by atoms with Crippen molar-refractivity contribution in [2.75, 3.05) is 5.75 Å². The Hall–Kier alpha value is -0.970. The molecule has 1 fully saturated rings. The van der Waals surface area contributed by atoms with Crippen molar-refractivity contribution in [3.8, 4) is 0 Å². The first-order valence-electron chi connectivity index (χ1n) is 6.14. The SMILES string of the molecule is CC(C)=CC(=O)N1[C@@H](CC(C)C)SC[C@H]1C(=O)O. The summed E-state index contributed by atoms with van der Waals surface area (Å²) >= 11 is 1.57. The van der Waals surface area contributed by atoms with Gasteiger partial charge in [-0.05, 0) is 26.2 Å². The van der Waals surface area contributed by atoms with Crippen LogP contribution < -0.4 is 0 Å². The summed E-state index contributed by atoms with van der Waals surface area (Å²) < 4.78 is 0. The highest BCUT2D eigenvalue weighted by Gasteiger charge is 2.40. The van der Waals surface area contributed by atoms with E-state index in [2.05, 4.69) is 13.8 Å². The molecule has 1 amide bonds. The lowest BCUT2D eigenvalue weighted by Gasteiger charge is -2.27. The van der Waals surface area contributed by atoms with E-state index in [9.17, 15) is 14.7 Å². The van der Waals surface area contributed by atoms with Crippen LogP contribution >= 0.6 is 11.8 Å². The Morgan fingerprint density at radius 2 is 2.06 bits per heavy atom. The molecule has 1 aliphatic rings. The molecule has 1 N–H and O–H groups in total. The lowest BCUT2D eigenvalue weighted by molar-refractivity contribution is -0.147. The van der Waals surface area contributed by atoms with Gasteiger partial charge in [0.05, 0.1) is 5.37 Å². The standard InChI is InChI=1S/C13H21NO3S/c1-8(2)5-11(15)14-10(13(16)17)7-18-12(14)6-9(3)4/h5,9-10,12H,6-7H2,1-4H3,(H,16,17)/t10-,12+/m0/s1. The number of carbonyl (C=O) groups excluding carboxylic acids is 1. The van der Waals surface area contributed by atoms with Crippen molar-refractivity contribution in [3.05, 3.63) is 11.6 Å². The number of carboxylic acids is 1. The Labute approximate surface area is 112 Å². The molecule has 0 radical (unpaired) electrons. The van der Waals surface area contributed by atoms with E-state index in [1.165, 1.54) is 11.0 Å². The summed E-state index contributed by atoms with van der Waals surface area (Å²) in [6.07, 6.45) is 2.35. The molecule has 4 nitrogen and oxygen atoms in total. The number of hydrogen-bond donors (Lipinski definition) is 1. The normalized spacial score (nSPS) is 23.3. The highest BCUT2D eigenvalue weighted by atomic mass is 32.2. The molecule has 0 spiro atoms. The number of allylic oxidation sites excluding steroid dienone is 1. The first-order chi connectivity index (χ1) is 8.32. The van der Waals surface area contributed by atoms with E-state index < -0.39 is 12.0 Å². The van der Waals surface area contributed by atoms with Crippen LogP contribution in [0.2, 0.25) is 0 Å². The third kappa shape index (κ3) is 3.77. The fraction of sp³-hybridized carbons (Fsp3) is 0.692. The van der Waals surface area contributed by atoms with Crippen LogP contribution in [0.3, 0.4) is 0 Å². The molecule has 102 valence electrons. The highest BCUT2D eigenvalue weighted by Crippen LogP contribution is 2.33. The second-order valence-corrected chi connectivity index (χ2v) is 6.45. The molecule has 0 unspecified atom stereocenters. The van der Waals surface area contributed by atoms with Crippen molar-refractivity contribution in [1.82, 2.24) is 4.90 Å². The fourth-order valence-electron chi connectivity index (χ4n) is 1.96. The summed E-state index contributed by atoms with van der Waals surface area (Å²) in [7, 11) is 0. The molecule has 0 bridgehead atoms. The smallest absolute Gasteiger partial charge is 0.327 e. The van der Waals surface area contributed by atoms with Crippen LogP contribution in [0.1, 0.15) is 34.1 Å². The Kier molecular flexibility index (Phi) is 5.26. The predicted molar refractivity (Wildman–Crippen MR) is 73.4 cm³/mol. The maximum atomic E-state index is 12.1. The average Bonchev–Trinajstić information content (AvgIpc) is 2.59. The third-order valence-corrected chi connectivity index (χ3v) is 4.03. The van der Waals surface area contributed by atoms with Gasteiger partial charge < -0.3 is 10.0 Å². The Morgan fingerprint density at radius 1 is 1.44 bits per heavy atom.